The Morgan fingerprint density at radius 1 is 1.30 bits per heavy atom. The Morgan fingerprint density at radius 3 is 2.50 bits per heavy atom. The summed E-state index contributed by atoms with van der Waals surface area (Å²) in [5.41, 5.74) is 6.61. The van der Waals surface area contributed by atoms with Gasteiger partial charge in [-0.2, -0.15) is 0 Å². The van der Waals surface area contributed by atoms with Gasteiger partial charge in [-0.1, -0.05) is 19.9 Å². The fourth-order valence-electron chi connectivity index (χ4n) is 2.39. The summed E-state index contributed by atoms with van der Waals surface area (Å²) in [4.78, 5) is 20.6. The average molecular weight is 276 g/mol. The second kappa shape index (κ2) is 6.70. The summed E-state index contributed by atoms with van der Waals surface area (Å²) in [6.45, 7) is 7.94. The van der Waals surface area contributed by atoms with E-state index in [2.05, 4.69) is 23.7 Å². The molecule has 5 nitrogen and oxygen atoms in total. The van der Waals surface area contributed by atoms with Gasteiger partial charge in [0.2, 0.25) is 5.91 Å². The fraction of sp³-hybridized carbons (Fsp3) is 0.600. The zero-order valence-electron chi connectivity index (χ0n) is 12.4. The van der Waals surface area contributed by atoms with Gasteiger partial charge < -0.3 is 15.5 Å². The van der Waals surface area contributed by atoms with Crippen molar-refractivity contribution < 1.29 is 4.79 Å². The van der Waals surface area contributed by atoms with Crippen molar-refractivity contribution in [3.63, 3.8) is 0 Å². The number of aromatic nitrogens is 1. The predicted octanol–water partition coefficient (Wildman–Crippen LogP) is 1.24. The van der Waals surface area contributed by atoms with E-state index in [0.29, 0.717) is 18.9 Å². The molecule has 0 unspecified atom stereocenters. The molecule has 1 aliphatic heterocycles. The zero-order valence-corrected chi connectivity index (χ0v) is 12.4. The van der Waals surface area contributed by atoms with Crippen LogP contribution in [0.2, 0.25) is 0 Å². The lowest BCUT2D eigenvalue weighted by molar-refractivity contribution is -0.132. The molecule has 1 amide bonds. The van der Waals surface area contributed by atoms with Crippen LogP contribution in [-0.2, 0) is 11.3 Å². The Bertz CT molecular complexity index is 436. The first-order valence-electron chi connectivity index (χ1n) is 7.28. The van der Waals surface area contributed by atoms with Crippen LogP contribution < -0.4 is 10.6 Å². The summed E-state index contributed by atoms with van der Waals surface area (Å²) in [5.74, 6) is 1.66. The molecule has 0 aromatic carbocycles. The number of hydrogen-bond donors (Lipinski definition) is 1. The highest BCUT2D eigenvalue weighted by Crippen LogP contribution is 2.15. The van der Waals surface area contributed by atoms with Crippen molar-refractivity contribution in [2.24, 2.45) is 11.7 Å². The number of hydrogen-bond acceptors (Lipinski definition) is 4. The van der Waals surface area contributed by atoms with Crippen molar-refractivity contribution in [3.8, 4) is 0 Å². The molecule has 1 aromatic rings. The van der Waals surface area contributed by atoms with Crippen LogP contribution in [0.15, 0.2) is 18.3 Å². The van der Waals surface area contributed by atoms with E-state index in [1.54, 1.807) is 0 Å². The lowest BCUT2D eigenvalue weighted by Crippen LogP contribution is -2.49. The topological polar surface area (TPSA) is 62.5 Å². The maximum Gasteiger partial charge on any atom is 0.222 e. The van der Waals surface area contributed by atoms with E-state index >= 15 is 0 Å². The summed E-state index contributed by atoms with van der Waals surface area (Å²) < 4.78 is 0. The van der Waals surface area contributed by atoms with Crippen LogP contribution in [-0.4, -0.2) is 42.0 Å². The third-order valence-corrected chi connectivity index (χ3v) is 3.58. The van der Waals surface area contributed by atoms with Crippen molar-refractivity contribution in [2.45, 2.75) is 26.8 Å². The summed E-state index contributed by atoms with van der Waals surface area (Å²) >= 11 is 0. The Kier molecular flexibility index (Phi) is 4.95. The molecule has 20 heavy (non-hydrogen) atoms. The second-order valence-electron chi connectivity index (χ2n) is 5.69. The van der Waals surface area contributed by atoms with Gasteiger partial charge in [-0.15, -0.1) is 0 Å². The highest BCUT2D eigenvalue weighted by Gasteiger charge is 2.22. The first-order chi connectivity index (χ1) is 9.60. The molecule has 1 aromatic heterocycles. The summed E-state index contributed by atoms with van der Waals surface area (Å²) in [7, 11) is 0. The Labute approximate surface area is 120 Å². The minimum Gasteiger partial charge on any atom is -0.353 e. The smallest absolute Gasteiger partial charge is 0.222 e. The molecule has 0 bridgehead atoms. The van der Waals surface area contributed by atoms with Gasteiger partial charge >= 0.3 is 0 Å². The van der Waals surface area contributed by atoms with Gasteiger partial charge in [0, 0.05) is 45.3 Å². The molecule has 0 radical (unpaired) electrons. The molecular formula is C15H24N4O. The number of amides is 1. The highest BCUT2D eigenvalue weighted by molar-refractivity contribution is 5.76. The van der Waals surface area contributed by atoms with E-state index in [1.165, 1.54) is 0 Å². The highest BCUT2D eigenvalue weighted by atomic mass is 16.2. The van der Waals surface area contributed by atoms with Gasteiger partial charge in [-0.25, -0.2) is 4.98 Å². The molecule has 0 aliphatic carbocycles. The van der Waals surface area contributed by atoms with Crippen LogP contribution in [0.5, 0.6) is 0 Å². The number of piperazine rings is 1. The Balaban J connectivity index is 1.88. The van der Waals surface area contributed by atoms with Crippen molar-refractivity contribution in [1.82, 2.24) is 9.88 Å². The number of pyridine rings is 1. The van der Waals surface area contributed by atoms with Crippen molar-refractivity contribution in [3.05, 3.63) is 23.9 Å². The van der Waals surface area contributed by atoms with E-state index in [4.69, 9.17) is 5.73 Å². The quantitative estimate of drug-likeness (QED) is 0.898. The van der Waals surface area contributed by atoms with Crippen LogP contribution in [0.4, 0.5) is 5.82 Å². The molecule has 2 rings (SSSR count). The fourth-order valence-corrected chi connectivity index (χ4v) is 2.39. The predicted molar refractivity (Wildman–Crippen MR) is 80.4 cm³/mol. The summed E-state index contributed by atoms with van der Waals surface area (Å²) in [5, 5.41) is 0. The molecule has 0 saturated carbocycles. The molecule has 1 fully saturated rings. The first kappa shape index (κ1) is 14.8. The minimum absolute atomic E-state index is 0.270. The Hall–Kier alpha value is -1.62. The monoisotopic (exact) mass is 276 g/mol. The maximum absolute atomic E-state index is 12.0. The van der Waals surface area contributed by atoms with Gasteiger partial charge in [0.1, 0.15) is 5.82 Å². The van der Waals surface area contributed by atoms with Crippen molar-refractivity contribution in [2.75, 3.05) is 31.1 Å². The van der Waals surface area contributed by atoms with Crippen LogP contribution in [0.3, 0.4) is 0 Å². The summed E-state index contributed by atoms with van der Waals surface area (Å²) in [6.07, 6.45) is 2.47. The maximum atomic E-state index is 12.0. The molecular weight excluding hydrogens is 252 g/mol. The molecule has 2 heterocycles. The van der Waals surface area contributed by atoms with Crippen molar-refractivity contribution >= 4 is 11.7 Å². The van der Waals surface area contributed by atoms with Gasteiger partial charge in [0.25, 0.3) is 0 Å². The SMILES string of the molecule is CC(C)CC(=O)N1CCN(c2ccc(CN)cn2)CC1. The number of carbonyl (C=O) groups excluding carboxylic acids is 1. The van der Waals surface area contributed by atoms with Crippen LogP contribution in [0.1, 0.15) is 25.8 Å². The van der Waals surface area contributed by atoms with Gasteiger partial charge in [-0.3, -0.25) is 4.79 Å². The molecule has 5 heteroatoms. The number of nitrogens with two attached hydrogens (primary N) is 1. The molecule has 110 valence electrons. The largest absolute Gasteiger partial charge is 0.353 e. The third kappa shape index (κ3) is 3.70. The Morgan fingerprint density at radius 2 is 2.00 bits per heavy atom. The standard InChI is InChI=1S/C15H24N4O/c1-12(2)9-15(20)19-7-5-18(6-8-19)14-4-3-13(10-16)11-17-14/h3-4,11-12H,5-10,16H2,1-2H3. The summed E-state index contributed by atoms with van der Waals surface area (Å²) in [6, 6.07) is 4.02. The average Bonchev–Trinajstić information content (AvgIpc) is 2.47. The third-order valence-electron chi connectivity index (χ3n) is 3.58. The lowest BCUT2D eigenvalue weighted by Gasteiger charge is -2.35. The molecule has 1 aliphatic rings. The number of nitrogens with zero attached hydrogens (tertiary/aromatic N) is 3. The normalized spacial score (nSPS) is 15.8. The molecule has 1 saturated heterocycles. The number of anilines is 1. The van der Waals surface area contributed by atoms with E-state index < -0.39 is 0 Å². The van der Waals surface area contributed by atoms with E-state index in [0.717, 1.165) is 37.6 Å². The molecule has 0 atom stereocenters. The van der Waals surface area contributed by atoms with Gasteiger partial charge in [0.05, 0.1) is 0 Å². The zero-order chi connectivity index (χ0) is 14.5. The van der Waals surface area contributed by atoms with E-state index in [9.17, 15) is 4.79 Å². The van der Waals surface area contributed by atoms with Gasteiger partial charge in [-0.05, 0) is 17.5 Å². The lowest BCUT2D eigenvalue weighted by atomic mass is 10.1. The molecule has 2 N–H and O–H groups in total. The second-order valence-corrected chi connectivity index (χ2v) is 5.69. The number of rotatable bonds is 4. The van der Waals surface area contributed by atoms with Crippen LogP contribution >= 0.6 is 0 Å². The van der Waals surface area contributed by atoms with Gasteiger partial charge in [0.15, 0.2) is 0 Å². The minimum atomic E-state index is 0.270. The van der Waals surface area contributed by atoms with E-state index in [-0.39, 0.29) is 5.91 Å². The van der Waals surface area contributed by atoms with Crippen molar-refractivity contribution in [1.29, 1.82) is 0 Å². The number of carbonyl (C=O) groups is 1. The molecule has 0 spiro atoms. The first-order valence-corrected chi connectivity index (χ1v) is 7.28. The van der Waals surface area contributed by atoms with Crippen LogP contribution in [0, 0.1) is 5.92 Å². The van der Waals surface area contributed by atoms with Crippen LogP contribution in [0.25, 0.3) is 0 Å². The van der Waals surface area contributed by atoms with E-state index in [1.807, 2.05) is 23.2 Å².